The van der Waals surface area contributed by atoms with Gasteiger partial charge in [0, 0.05) is 27.7 Å². The van der Waals surface area contributed by atoms with Crippen molar-refractivity contribution in [1.29, 1.82) is 0 Å². The van der Waals surface area contributed by atoms with E-state index in [1.807, 2.05) is 13.8 Å². The van der Waals surface area contributed by atoms with Gasteiger partial charge < -0.3 is 10.2 Å². The topological polar surface area (TPSA) is 86.8 Å². The molecule has 1 N–H and O–H groups in total. The third kappa shape index (κ3) is 7.77. The van der Waals surface area contributed by atoms with Crippen LogP contribution in [0.4, 0.5) is 5.69 Å². The summed E-state index contributed by atoms with van der Waals surface area (Å²) in [5.41, 5.74) is 0.806. The van der Waals surface area contributed by atoms with Crippen LogP contribution in [0.5, 0.6) is 0 Å². The van der Waals surface area contributed by atoms with Crippen LogP contribution in [0.1, 0.15) is 32.8 Å². The van der Waals surface area contributed by atoms with Crippen LogP contribution in [0.3, 0.4) is 0 Å². The van der Waals surface area contributed by atoms with Crippen molar-refractivity contribution in [2.24, 2.45) is 0 Å². The zero-order chi connectivity index (χ0) is 25.6. The summed E-state index contributed by atoms with van der Waals surface area (Å²) in [6, 6.07) is 10.0. The lowest BCUT2D eigenvalue weighted by Gasteiger charge is -2.32. The molecule has 0 aliphatic heterocycles. The van der Waals surface area contributed by atoms with E-state index >= 15 is 0 Å². The average molecular weight is 549 g/mol. The number of amides is 2. The molecule has 0 saturated heterocycles. The first kappa shape index (κ1) is 28.2. The second kappa shape index (κ2) is 12.1. The molecule has 0 aromatic heterocycles. The molecule has 0 fully saturated rings. The zero-order valence-corrected chi connectivity index (χ0v) is 22.5. The molecule has 0 saturated carbocycles. The highest BCUT2D eigenvalue weighted by molar-refractivity contribution is 7.92. The van der Waals surface area contributed by atoms with E-state index in [0.29, 0.717) is 27.1 Å². The van der Waals surface area contributed by atoms with Gasteiger partial charge in [-0.25, -0.2) is 8.42 Å². The number of nitrogens with one attached hydrogen (secondary N) is 1. The van der Waals surface area contributed by atoms with Gasteiger partial charge >= 0.3 is 0 Å². The van der Waals surface area contributed by atoms with Crippen LogP contribution in [0.15, 0.2) is 42.5 Å². The predicted octanol–water partition coefficient (Wildman–Crippen LogP) is 4.74. The molecule has 2 amide bonds. The first-order valence-corrected chi connectivity index (χ1v) is 13.6. The molecular weight excluding hydrogens is 521 g/mol. The molecule has 34 heavy (non-hydrogen) atoms. The molecule has 2 atom stereocenters. The fraction of sp³-hybridized carbons (Fsp3) is 0.391. The monoisotopic (exact) mass is 547 g/mol. The summed E-state index contributed by atoms with van der Waals surface area (Å²) in [5.74, 6) is -0.940. The van der Waals surface area contributed by atoms with Gasteiger partial charge in [-0.1, -0.05) is 53.9 Å². The lowest BCUT2D eigenvalue weighted by molar-refractivity contribution is -0.139. The summed E-state index contributed by atoms with van der Waals surface area (Å²) in [6.45, 7) is 4.84. The SMILES string of the molecule is CC[C@H](C)NC(=O)[C@H](C)N(Cc1ccc(Cl)cc1Cl)C(=O)CN(c1cccc(Cl)c1)S(C)(=O)=O. The molecule has 0 aliphatic carbocycles. The maximum Gasteiger partial charge on any atom is 0.244 e. The summed E-state index contributed by atoms with van der Waals surface area (Å²) in [4.78, 5) is 27.7. The molecule has 2 rings (SSSR count). The van der Waals surface area contributed by atoms with Crippen LogP contribution in [0.2, 0.25) is 15.1 Å². The van der Waals surface area contributed by atoms with Crippen molar-refractivity contribution in [2.45, 2.75) is 45.8 Å². The first-order chi connectivity index (χ1) is 15.8. The van der Waals surface area contributed by atoms with Crippen molar-refractivity contribution in [3.05, 3.63) is 63.1 Å². The Balaban J connectivity index is 2.42. The molecule has 11 heteroatoms. The highest BCUT2D eigenvalue weighted by Crippen LogP contribution is 2.25. The van der Waals surface area contributed by atoms with Crippen molar-refractivity contribution in [3.8, 4) is 0 Å². The maximum atomic E-state index is 13.5. The zero-order valence-electron chi connectivity index (χ0n) is 19.4. The molecule has 186 valence electrons. The Morgan fingerprint density at radius 1 is 1.03 bits per heavy atom. The third-order valence-corrected chi connectivity index (χ3v) is 7.26. The smallest absolute Gasteiger partial charge is 0.244 e. The van der Waals surface area contributed by atoms with E-state index in [1.54, 1.807) is 43.3 Å². The Morgan fingerprint density at radius 2 is 1.68 bits per heavy atom. The van der Waals surface area contributed by atoms with Crippen LogP contribution in [0.25, 0.3) is 0 Å². The van der Waals surface area contributed by atoms with E-state index < -0.39 is 28.5 Å². The highest BCUT2D eigenvalue weighted by Gasteiger charge is 2.31. The van der Waals surface area contributed by atoms with Gasteiger partial charge in [0.05, 0.1) is 11.9 Å². The second-order valence-electron chi connectivity index (χ2n) is 8.00. The molecular formula is C23H28Cl3N3O4S. The van der Waals surface area contributed by atoms with Gasteiger partial charge in [0.25, 0.3) is 0 Å². The van der Waals surface area contributed by atoms with Crippen molar-refractivity contribution in [1.82, 2.24) is 10.2 Å². The van der Waals surface area contributed by atoms with E-state index in [1.165, 1.54) is 11.0 Å². The highest BCUT2D eigenvalue weighted by atomic mass is 35.5. The summed E-state index contributed by atoms with van der Waals surface area (Å²) < 4.78 is 26.0. The molecule has 2 aromatic carbocycles. The lowest BCUT2D eigenvalue weighted by atomic mass is 10.1. The molecule has 2 aromatic rings. The molecule has 0 radical (unpaired) electrons. The van der Waals surface area contributed by atoms with E-state index in [9.17, 15) is 18.0 Å². The number of hydrogen-bond donors (Lipinski definition) is 1. The van der Waals surface area contributed by atoms with Gasteiger partial charge in [-0.05, 0) is 56.2 Å². The van der Waals surface area contributed by atoms with E-state index in [-0.39, 0.29) is 24.2 Å². The average Bonchev–Trinajstić information content (AvgIpc) is 2.75. The minimum atomic E-state index is -3.84. The minimum absolute atomic E-state index is 0.0168. The largest absolute Gasteiger partial charge is 0.352 e. The number of halogens is 3. The van der Waals surface area contributed by atoms with Gasteiger partial charge in [0.2, 0.25) is 21.8 Å². The van der Waals surface area contributed by atoms with Gasteiger partial charge in [-0.3, -0.25) is 13.9 Å². The number of sulfonamides is 1. The normalized spacial score (nSPS) is 13.1. The quantitative estimate of drug-likeness (QED) is 0.464. The molecule has 0 bridgehead atoms. The van der Waals surface area contributed by atoms with Crippen LogP contribution in [0, 0.1) is 0 Å². The molecule has 0 aliphatic rings. The third-order valence-electron chi connectivity index (χ3n) is 5.30. The summed E-state index contributed by atoms with van der Waals surface area (Å²) in [5, 5.41) is 3.94. The Morgan fingerprint density at radius 3 is 2.24 bits per heavy atom. The van der Waals surface area contributed by atoms with Crippen LogP contribution in [-0.4, -0.2) is 50.0 Å². The number of carbonyl (C=O) groups excluding carboxylic acids is 2. The standard InChI is InChI=1S/C23H28Cl3N3O4S/c1-5-15(2)27-23(31)16(3)28(13-17-9-10-19(25)12-21(17)26)22(30)14-29(34(4,32)33)20-8-6-7-18(24)11-20/h6-12,15-16H,5,13-14H2,1-4H3,(H,27,31)/t15-,16-/m0/s1. The molecule has 0 spiro atoms. The number of carbonyl (C=O) groups is 2. The fourth-order valence-corrected chi connectivity index (χ4v) is 4.62. The number of rotatable bonds is 10. The Bertz CT molecular complexity index is 1140. The Hall–Kier alpha value is -2.00. The number of hydrogen-bond acceptors (Lipinski definition) is 4. The first-order valence-electron chi connectivity index (χ1n) is 10.6. The van der Waals surface area contributed by atoms with Crippen molar-refractivity contribution in [3.63, 3.8) is 0 Å². The summed E-state index contributed by atoms with van der Waals surface area (Å²) in [7, 11) is -3.84. The van der Waals surface area contributed by atoms with Gasteiger partial charge in [-0.2, -0.15) is 0 Å². The predicted molar refractivity (Wildman–Crippen MR) is 138 cm³/mol. The van der Waals surface area contributed by atoms with Gasteiger partial charge in [-0.15, -0.1) is 0 Å². The Labute approximate surface area is 216 Å². The summed E-state index contributed by atoms with van der Waals surface area (Å²) >= 11 is 18.3. The van der Waals surface area contributed by atoms with E-state index in [2.05, 4.69) is 5.32 Å². The molecule has 0 unspecified atom stereocenters. The molecule has 7 nitrogen and oxygen atoms in total. The number of anilines is 1. The fourth-order valence-electron chi connectivity index (χ4n) is 3.13. The van der Waals surface area contributed by atoms with Crippen molar-refractivity contribution in [2.75, 3.05) is 17.1 Å². The number of benzene rings is 2. The lowest BCUT2D eigenvalue weighted by Crippen LogP contribution is -2.52. The van der Waals surface area contributed by atoms with Gasteiger partial charge in [0.1, 0.15) is 12.6 Å². The second-order valence-corrected chi connectivity index (χ2v) is 11.2. The van der Waals surface area contributed by atoms with Crippen molar-refractivity contribution < 1.29 is 18.0 Å². The summed E-state index contributed by atoms with van der Waals surface area (Å²) in [6.07, 6.45) is 1.71. The minimum Gasteiger partial charge on any atom is -0.352 e. The number of nitrogens with zero attached hydrogens (tertiary/aromatic N) is 2. The Kier molecular flexibility index (Phi) is 10.1. The van der Waals surface area contributed by atoms with Crippen LogP contribution >= 0.6 is 34.8 Å². The van der Waals surface area contributed by atoms with E-state index in [4.69, 9.17) is 34.8 Å². The van der Waals surface area contributed by atoms with E-state index in [0.717, 1.165) is 10.6 Å². The van der Waals surface area contributed by atoms with Crippen LogP contribution in [-0.2, 0) is 26.2 Å². The molecule has 0 heterocycles. The van der Waals surface area contributed by atoms with Crippen LogP contribution < -0.4 is 9.62 Å². The van der Waals surface area contributed by atoms with Gasteiger partial charge in [0.15, 0.2) is 0 Å². The maximum absolute atomic E-state index is 13.5. The van der Waals surface area contributed by atoms with Crippen molar-refractivity contribution >= 4 is 62.3 Å².